The van der Waals surface area contributed by atoms with Crippen molar-refractivity contribution >= 4 is 0 Å². The number of benzene rings is 1. The predicted molar refractivity (Wildman–Crippen MR) is 59.3 cm³/mol. The molecule has 0 aliphatic heterocycles. The molecule has 0 aliphatic carbocycles. The van der Waals surface area contributed by atoms with Crippen LogP contribution in [0.5, 0.6) is 11.5 Å². The zero-order valence-corrected chi connectivity index (χ0v) is 9.27. The Hall–Kier alpha value is -1.73. The molecule has 0 fully saturated rings. The molecule has 1 N–H and O–H groups in total. The van der Waals surface area contributed by atoms with Crippen LogP contribution in [-0.4, -0.2) is 18.8 Å². The first-order valence-corrected chi connectivity index (χ1v) is 5.09. The summed E-state index contributed by atoms with van der Waals surface area (Å²) >= 11 is 0. The fourth-order valence-corrected chi connectivity index (χ4v) is 1.27. The van der Waals surface area contributed by atoms with Crippen LogP contribution in [0.2, 0.25) is 0 Å². The van der Waals surface area contributed by atoms with E-state index < -0.39 is 0 Å². The minimum atomic E-state index is -0.0292. The standard InChI is InChI=1S/C12H15NO3/c1-15-11-5-4-10(9-14)8-12(11)16-7-3-2-6-13/h4-5,8,14H,2-3,7,9H2,1H3. The lowest BCUT2D eigenvalue weighted by molar-refractivity contribution is 0.274. The van der Waals surface area contributed by atoms with E-state index in [2.05, 4.69) is 6.07 Å². The van der Waals surface area contributed by atoms with Gasteiger partial charge in [-0.3, -0.25) is 0 Å². The molecule has 0 heterocycles. The van der Waals surface area contributed by atoms with Crippen molar-refractivity contribution in [2.75, 3.05) is 13.7 Å². The van der Waals surface area contributed by atoms with Gasteiger partial charge in [-0.15, -0.1) is 0 Å². The summed E-state index contributed by atoms with van der Waals surface area (Å²) < 4.78 is 10.6. The number of unbranched alkanes of at least 4 members (excludes halogenated alkanes) is 1. The van der Waals surface area contributed by atoms with Gasteiger partial charge in [0.15, 0.2) is 11.5 Å². The molecular weight excluding hydrogens is 206 g/mol. The van der Waals surface area contributed by atoms with Crippen LogP contribution in [-0.2, 0) is 6.61 Å². The van der Waals surface area contributed by atoms with Crippen molar-refractivity contribution in [3.63, 3.8) is 0 Å². The van der Waals surface area contributed by atoms with Crippen LogP contribution in [0.1, 0.15) is 18.4 Å². The van der Waals surface area contributed by atoms with E-state index in [9.17, 15) is 0 Å². The normalized spacial score (nSPS) is 9.56. The number of nitriles is 1. The molecule has 16 heavy (non-hydrogen) atoms. The van der Waals surface area contributed by atoms with Crippen molar-refractivity contribution in [3.05, 3.63) is 23.8 Å². The Kier molecular flexibility index (Phi) is 5.17. The van der Waals surface area contributed by atoms with Gasteiger partial charge in [0.05, 0.1) is 26.4 Å². The highest BCUT2D eigenvalue weighted by Gasteiger charge is 2.05. The zero-order valence-electron chi connectivity index (χ0n) is 9.27. The van der Waals surface area contributed by atoms with E-state index in [1.54, 1.807) is 25.3 Å². The zero-order chi connectivity index (χ0) is 11.8. The number of ether oxygens (including phenoxy) is 2. The van der Waals surface area contributed by atoms with Gasteiger partial charge in [-0.1, -0.05) is 6.07 Å². The molecule has 0 aromatic heterocycles. The van der Waals surface area contributed by atoms with Crippen molar-refractivity contribution in [2.45, 2.75) is 19.4 Å². The first kappa shape index (κ1) is 12.3. The number of nitrogens with zero attached hydrogens (tertiary/aromatic N) is 1. The van der Waals surface area contributed by atoms with Crippen LogP contribution in [0.15, 0.2) is 18.2 Å². The predicted octanol–water partition coefficient (Wildman–Crippen LogP) is 1.87. The molecule has 4 nitrogen and oxygen atoms in total. The number of hydrogen-bond donors (Lipinski definition) is 1. The maximum Gasteiger partial charge on any atom is 0.161 e. The van der Waals surface area contributed by atoms with Crippen LogP contribution < -0.4 is 9.47 Å². The van der Waals surface area contributed by atoms with E-state index in [0.29, 0.717) is 30.9 Å². The van der Waals surface area contributed by atoms with Gasteiger partial charge in [0.25, 0.3) is 0 Å². The van der Waals surface area contributed by atoms with Gasteiger partial charge in [0.2, 0.25) is 0 Å². The molecule has 0 aliphatic rings. The summed E-state index contributed by atoms with van der Waals surface area (Å²) in [5, 5.41) is 17.4. The van der Waals surface area contributed by atoms with Gasteiger partial charge >= 0.3 is 0 Å². The van der Waals surface area contributed by atoms with Crippen LogP contribution in [0.4, 0.5) is 0 Å². The quantitative estimate of drug-likeness (QED) is 0.745. The Morgan fingerprint density at radius 3 is 2.81 bits per heavy atom. The fraction of sp³-hybridized carbons (Fsp3) is 0.417. The summed E-state index contributed by atoms with van der Waals surface area (Å²) in [5.74, 6) is 1.24. The average molecular weight is 221 g/mol. The average Bonchev–Trinajstić information content (AvgIpc) is 2.34. The molecule has 0 spiro atoms. The fourth-order valence-electron chi connectivity index (χ4n) is 1.27. The molecule has 86 valence electrons. The monoisotopic (exact) mass is 221 g/mol. The molecule has 0 radical (unpaired) electrons. The molecule has 0 bridgehead atoms. The maximum atomic E-state index is 9.00. The van der Waals surface area contributed by atoms with Crippen molar-refractivity contribution in [1.82, 2.24) is 0 Å². The summed E-state index contributed by atoms with van der Waals surface area (Å²) in [6.45, 7) is 0.442. The molecule has 1 rings (SSSR count). The van der Waals surface area contributed by atoms with Gasteiger partial charge in [0.1, 0.15) is 0 Å². The van der Waals surface area contributed by atoms with Crippen LogP contribution >= 0.6 is 0 Å². The van der Waals surface area contributed by atoms with Gasteiger partial charge in [-0.2, -0.15) is 5.26 Å². The second-order valence-corrected chi connectivity index (χ2v) is 3.25. The Labute approximate surface area is 95.0 Å². The molecule has 4 heteroatoms. The van der Waals surface area contributed by atoms with Crippen molar-refractivity contribution in [1.29, 1.82) is 5.26 Å². The molecule has 1 aromatic rings. The number of hydrogen-bond acceptors (Lipinski definition) is 4. The van der Waals surface area contributed by atoms with Gasteiger partial charge < -0.3 is 14.6 Å². The summed E-state index contributed by atoms with van der Waals surface area (Å²) in [7, 11) is 1.57. The van der Waals surface area contributed by atoms with E-state index in [1.165, 1.54) is 0 Å². The Balaban J connectivity index is 2.64. The van der Waals surface area contributed by atoms with Crippen LogP contribution in [0, 0.1) is 11.3 Å². The topological polar surface area (TPSA) is 62.5 Å². The third kappa shape index (κ3) is 3.44. The maximum absolute atomic E-state index is 9.00. The molecular formula is C12H15NO3. The number of methoxy groups -OCH3 is 1. The second-order valence-electron chi connectivity index (χ2n) is 3.25. The molecule has 0 saturated carbocycles. The lowest BCUT2D eigenvalue weighted by Gasteiger charge is -2.11. The van der Waals surface area contributed by atoms with Crippen LogP contribution in [0.3, 0.4) is 0 Å². The number of aliphatic hydroxyl groups is 1. The van der Waals surface area contributed by atoms with Gasteiger partial charge in [-0.05, 0) is 24.1 Å². The Morgan fingerprint density at radius 1 is 1.38 bits per heavy atom. The highest BCUT2D eigenvalue weighted by Crippen LogP contribution is 2.28. The lowest BCUT2D eigenvalue weighted by Crippen LogP contribution is -1.99. The Bertz CT molecular complexity index is 371. The minimum Gasteiger partial charge on any atom is -0.493 e. The van der Waals surface area contributed by atoms with E-state index in [4.69, 9.17) is 19.8 Å². The van der Waals surface area contributed by atoms with Crippen molar-refractivity contribution < 1.29 is 14.6 Å². The lowest BCUT2D eigenvalue weighted by atomic mass is 10.2. The molecule has 1 aromatic carbocycles. The van der Waals surface area contributed by atoms with Crippen molar-refractivity contribution in [3.8, 4) is 17.6 Å². The van der Waals surface area contributed by atoms with Crippen LogP contribution in [0.25, 0.3) is 0 Å². The number of rotatable bonds is 6. The number of aliphatic hydroxyl groups excluding tert-OH is 1. The summed E-state index contributed by atoms with van der Waals surface area (Å²) in [6, 6.07) is 7.33. The second kappa shape index (κ2) is 6.70. The smallest absolute Gasteiger partial charge is 0.161 e. The first-order valence-electron chi connectivity index (χ1n) is 5.09. The largest absolute Gasteiger partial charge is 0.493 e. The van der Waals surface area contributed by atoms with Gasteiger partial charge in [-0.25, -0.2) is 0 Å². The summed E-state index contributed by atoms with van der Waals surface area (Å²) in [6.07, 6.45) is 1.16. The molecule has 0 saturated heterocycles. The third-order valence-corrected chi connectivity index (χ3v) is 2.10. The highest BCUT2D eigenvalue weighted by molar-refractivity contribution is 5.42. The first-order chi connectivity index (χ1) is 7.81. The summed E-state index contributed by atoms with van der Waals surface area (Å²) in [5.41, 5.74) is 0.774. The van der Waals surface area contributed by atoms with E-state index in [1.807, 2.05) is 0 Å². The third-order valence-electron chi connectivity index (χ3n) is 2.10. The van der Waals surface area contributed by atoms with Gasteiger partial charge in [0, 0.05) is 6.42 Å². The van der Waals surface area contributed by atoms with E-state index in [-0.39, 0.29) is 6.61 Å². The minimum absolute atomic E-state index is 0.0292. The van der Waals surface area contributed by atoms with E-state index >= 15 is 0 Å². The molecule has 0 atom stereocenters. The molecule has 0 unspecified atom stereocenters. The summed E-state index contributed by atoms with van der Waals surface area (Å²) in [4.78, 5) is 0. The molecule has 0 amide bonds. The highest BCUT2D eigenvalue weighted by atomic mass is 16.5. The Morgan fingerprint density at radius 2 is 2.19 bits per heavy atom. The SMILES string of the molecule is COc1ccc(CO)cc1OCCCC#N. The van der Waals surface area contributed by atoms with Crippen molar-refractivity contribution in [2.24, 2.45) is 0 Å². The van der Waals surface area contributed by atoms with E-state index in [0.717, 1.165) is 5.56 Å².